The Balaban J connectivity index is 3.01. The number of hydrogen-bond acceptors (Lipinski definition) is 7. The number of rotatable bonds is 7. The summed E-state index contributed by atoms with van der Waals surface area (Å²) >= 11 is 0. The van der Waals surface area contributed by atoms with Gasteiger partial charge < -0.3 is 25.0 Å². The van der Waals surface area contributed by atoms with Crippen LogP contribution < -0.4 is 14.8 Å². The number of ether oxygens (including phenoxy) is 2. The minimum Gasteiger partial charge on any atom is -0.481 e. The number of anilines is 1. The fraction of sp³-hybridized carbons (Fsp3) is 0.636. The van der Waals surface area contributed by atoms with Crippen molar-refractivity contribution in [3.05, 3.63) is 6.07 Å². The molecule has 0 aliphatic heterocycles. The van der Waals surface area contributed by atoms with Crippen molar-refractivity contribution in [1.29, 1.82) is 0 Å². The lowest BCUT2D eigenvalue weighted by molar-refractivity contribution is 0.132. The molecule has 0 amide bonds. The van der Waals surface area contributed by atoms with Crippen LogP contribution in [0.3, 0.4) is 0 Å². The van der Waals surface area contributed by atoms with Crippen LogP contribution >= 0.6 is 0 Å². The van der Waals surface area contributed by atoms with E-state index in [-0.39, 0.29) is 19.2 Å². The Labute approximate surface area is 106 Å². The smallest absolute Gasteiger partial charge is 0.229 e. The van der Waals surface area contributed by atoms with E-state index in [1.165, 1.54) is 20.3 Å². The van der Waals surface area contributed by atoms with Crippen molar-refractivity contribution in [2.45, 2.75) is 18.9 Å². The Hall–Kier alpha value is -1.60. The molecule has 0 aromatic carbocycles. The monoisotopic (exact) mass is 257 g/mol. The lowest BCUT2D eigenvalue weighted by Crippen LogP contribution is -2.45. The third-order valence-corrected chi connectivity index (χ3v) is 2.76. The standard InChI is InChI=1S/C11H19N3O4/c1-4-11(6-15,7-16)14-10-12-8(17-2)5-9(13-10)18-3/h5,15-16H,4,6-7H2,1-3H3,(H,12,13,14). The van der Waals surface area contributed by atoms with Crippen molar-refractivity contribution >= 4 is 5.95 Å². The van der Waals surface area contributed by atoms with Crippen LogP contribution in [-0.4, -0.2) is 53.2 Å². The summed E-state index contributed by atoms with van der Waals surface area (Å²) in [5, 5.41) is 21.6. The molecule has 1 heterocycles. The second-order valence-electron chi connectivity index (χ2n) is 3.85. The summed E-state index contributed by atoms with van der Waals surface area (Å²) < 4.78 is 10.0. The van der Waals surface area contributed by atoms with E-state index in [0.29, 0.717) is 18.2 Å². The maximum Gasteiger partial charge on any atom is 0.229 e. The van der Waals surface area contributed by atoms with Crippen LogP contribution in [0.4, 0.5) is 5.95 Å². The third-order valence-electron chi connectivity index (χ3n) is 2.76. The average molecular weight is 257 g/mol. The molecule has 18 heavy (non-hydrogen) atoms. The van der Waals surface area contributed by atoms with Crippen LogP contribution in [0.25, 0.3) is 0 Å². The van der Waals surface area contributed by atoms with Crippen LogP contribution in [-0.2, 0) is 0 Å². The van der Waals surface area contributed by atoms with Crippen LogP contribution in [0.5, 0.6) is 11.8 Å². The predicted molar refractivity (Wildman–Crippen MR) is 66.0 cm³/mol. The van der Waals surface area contributed by atoms with Crippen LogP contribution in [0.15, 0.2) is 6.07 Å². The number of methoxy groups -OCH3 is 2. The Morgan fingerprint density at radius 1 is 1.17 bits per heavy atom. The lowest BCUT2D eigenvalue weighted by atomic mass is 9.99. The maximum absolute atomic E-state index is 9.35. The summed E-state index contributed by atoms with van der Waals surface area (Å²) in [7, 11) is 2.97. The minimum atomic E-state index is -0.864. The molecule has 0 saturated carbocycles. The second kappa shape index (κ2) is 6.36. The molecule has 0 saturated heterocycles. The van der Waals surface area contributed by atoms with Crippen molar-refractivity contribution in [1.82, 2.24) is 9.97 Å². The van der Waals surface area contributed by atoms with Gasteiger partial charge in [0.15, 0.2) is 0 Å². The molecule has 3 N–H and O–H groups in total. The summed E-state index contributed by atoms with van der Waals surface area (Å²) in [6, 6.07) is 1.54. The van der Waals surface area contributed by atoms with Gasteiger partial charge >= 0.3 is 0 Å². The summed E-state index contributed by atoms with van der Waals surface area (Å²) in [6.07, 6.45) is 0.517. The molecule has 0 spiro atoms. The van der Waals surface area contributed by atoms with Gasteiger partial charge in [-0.3, -0.25) is 0 Å². The van der Waals surface area contributed by atoms with Crippen molar-refractivity contribution in [3.63, 3.8) is 0 Å². The zero-order valence-corrected chi connectivity index (χ0v) is 10.8. The highest BCUT2D eigenvalue weighted by molar-refractivity contribution is 5.36. The number of aromatic nitrogens is 2. The van der Waals surface area contributed by atoms with Crippen LogP contribution in [0, 0.1) is 0 Å². The van der Waals surface area contributed by atoms with Crippen molar-refractivity contribution in [2.24, 2.45) is 0 Å². The van der Waals surface area contributed by atoms with Gasteiger partial charge in [0.25, 0.3) is 0 Å². The van der Waals surface area contributed by atoms with Gasteiger partial charge in [-0.25, -0.2) is 0 Å². The van der Waals surface area contributed by atoms with Gasteiger partial charge in [-0.15, -0.1) is 0 Å². The van der Waals surface area contributed by atoms with Crippen LogP contribution in [0.1, 0.15) is 13.3 Å². The highest BCUT2D eigenvalue weighted by Crippen LogP contribution is 2.21. The first-order valence-electron chi connectivity index (χ1n) is 5.60. The van der Waals surface area contributed by atoms with Gasteiger partial charge in [-0.05, 0) is 6.42 Å². The highest BCUT2D eigenvalue weighted by Gasteiger charge is 2.27. The van der Waals surface area contributed by atoms with Gasteiger partial charge in [0.1, 0.15) is 0 Å². The van der Waals surface area contributed by atoms with E-state index in [1.807, 2.05) is 6.92 Å². The van der Waals surface area contributed by atoms with E-state index < -0.39 is 5.54 Å². The molecular weight excluding hydrogens is 238 g/mol. The van der Waals surface area contributed by atoms with Gasteiger partial charge in [0.2, 0.25) is 17.7 Å². The van der Waals surface area contributed by atoms with E-state index in [4.69, 9.17) is 9.47 Å². The van der Waals surface area contributed by atoms with Gasteiger partial charge in [-0.2, -0.15) is 9.97 Å². The number of nitrogens with zero attached hydrogens (tertiary/aromatic N) is 2. The van der Waals surface area contributed by atoms with E-state index in [1.54, 1.807) is 0 Å². The van der Waals surface area contributed by atoms with Crippen molar-refractivity contribution in [2.75, 3.05) is 32.8 Å². The highest BCUT2D eigenvalue weighted by atomic mass is 16.5. The van der Waals surface area contributed by atoms with Crippen molar-refractivity contribution < 1.29 is 19.7 Å². The molecule has 102 valence electrons. The summed E-state index contributed by atoms with van der Waals surface area (Å²) in [6.45, 7) is 1.38. The summed E-state index contributed by atoms with van der Waals surface area (Å²) in [5.74, 6) is 0.909. The first-order chi connectivity index (χ1) is 8.62. The molecular formula is C11H19N3O4. The first kappa shape index (κ1) is 14.5. The molecule has 0 fully saturated rings. The average Bonchev–Trinajstić information content (AvgIpc) is 2.44. The molecule has 7 heteroatoms. The number of hydrogen-bond donors (Lipinski definition) is 3. The summed E-state index contributed by atoms with van der Waals surface area (Å²) in [5.41, 5.74) is -0.864. The minimum absolute atomic E-state index is 0.233. The molecule has 0 aliphatic carbocycles. The Morgan fingerprint density at radius 2 is 1.67 bits per heavy atom. The Bertz CT molecular complexity index is 352. The van der Waals surface area contributed by atoms with E-state index in [0.717, 1.165) is 0 Å². The molecule has 0 bridgehead atoms. The van der Waals surface area contributed by atoms with Crippen LogP contribution in [0.2, 0.25) is 0 Å². The van der Waals surface area contributed by atoms with Gasteiger partial charge in [-0.1, -0.05) is 6.92 Å². The molecule has 1 rings (SSSR count). The second-order valence-corrected chi connectivity index (χ2v) is 3.85. The fourth-order valence-corrected chi connectivity index (χ4v) is 1.35. The molecule has 0 aliphatic rings. The van der Waals surface area contributed by atoms with E-state index in [9.17, 15) is 10.2 Å². The quantitative estimate of drug-likeness (QED) is 0.634. The molecule has 1 aromatic rings. The fourth-order valence-electron chi connectivity index (χ4n) is 1.35. The molecule has 7 nitrogen and oxygen atoms in total. The normalized spacial score (nSPS) is 11.2. The maximum atomic E-state index is 9.35. The Kier molecular flexibility index (Phi) is 5.11. The van der Waals surface area contributed by atoms with E-state index >= 15 is 0 Å². The molecule has 0 radical (unpaired) electrons. The van der Waals surface area contributed by atoms with Gasteiger partial charge in [0, 0.05) is 0 Å². The molecule has 1 aromatic heterocycles. The number of nitrogens with one attached hydrogen (secondary N) is 1. The SMILES string of the molecule is CCC(CO)(CO)Nc1nc(OC)cc(OC)n1. The van der Waals surface area contributed by atoms with Gasteiger partial charge in [0.05, 0.1) is 39.0 Å². The van der Waals surface area contributed by atoms with E-state index in [2.05, 4.69) is 15.3 Å². The van der Waals surface area contributed by atoms with Crippen molar-refractivity contribution in [3.8, 4) is 11.8 Å². The lowest BCUT2D eigenvalue weighted by Gasteiger charge is -2.29. The summed E-state index contributed by atoms with van der Waals surface area (Å²) in [4.78, 5) is 8.16. The first-order valence-corrected chi connectivity index (χ1v) is 5.60. The zero-order chi connectivity index (χ0) is 13.6. The number of aliphatic hydroxyl groups excluding tert-OH is 2. The predicted octanol–water partition coefficient (Wildman–Crippen LogP) is 0.0391. The molecule has 0 atom stereocenters. The molecule has 0 unspecified atom stereocenters. The Morgan fingerprint density at radius 3 is 2.00 bits per heavy atom. The third kappa shape index (κ3) is 3.21. The zero-order valence-electron chi connectivity index (χ0n) is 10.8. The topological polar surface area (TPSA) is 96.7 Å². The largest absolute Gasteiger partial charge is 0.481 e. The number of aliphatic hydroxyl groups is 2.